The number of hydrogen-bond acceptors (Lipinski definition) is 1. The average molecular weight is 238 g/mol. The van der Waals surface area contributed by atoms with Crippen LogP contribution < -0.4 is 0 Å². The Hall–Kier alpha value is -2.22. The highest BCUT2D eigenvalue weighted by molar-refractivity contribution is 6.12. The van der Waals surface area contributed by atoms with Gasteiger partial charge in [0.15, 0.2) is 5.84 Å². The van der Waals surface area contributed by atoms with Crippen LogP contribution in [0.15, 0.2) is 77.3 Å². The van der Waals surface area contributed by atoms with Crippen LogP contribution in [0.1, 0.15) is 12.5 Å². The van der Waals surface area contributed by atoms with E-state index in [4.69, 9.17) is 0 Å². The predicted molar refractivity (Wildman–Crippen MR) is 80.5 cm³/mol. The molecular formula is C16H18N2. The maximum atomic E-state index is 4.50. The molecule has 0 amide bonds. The topological polar surface area (TPSA) is 24.7 Å². The summed E-state index contributed by atoms with van der Waals surface area (Å²) in [4.78, 5) is 8.70. The van der Waals surface area contributed by atoms with Crippen LogP contribution in [0.3, 0.4) is 0 Å². The first-order valence-electron chi connectivity index (χ1n) is 5.75. The second-order valence-electron chi connectivity index (χ2n) is 3.73. The summed E-state index contributed by atoms with van der Waals surface area (Å²) in [5.41, 5.74) is 2.70. The Bertz CT molecular complexity index is 505. The van der Waals surface area contributed by atoms with Gasteiger partial charge in [0.05, 0.1) is 0 Å². The van der Waals surface area contributed by atoms with E-state index in [0.717, 1.165) is 16.8 Å². The van der Waals surface area contributed by atoms with Crippen molar-refractivity contribution < 1.29 is 0 Å². The first-order chi connectivity index (χ1) is 8.69. The predicted octanol–water partition coefficient (Wildman–Crippen LogP) is 3.82. The lowest BCUT2D eigenvalue weighted by Crippen LogP contribution is -2.03. The molecule has 0 spiro atoms. The van der Waals surface area contributed by atoms with Crippen LogP contribution in [-0.2, 0) is 0 Å². The fourth-order valence-electron chi connectivity index (χ4n) is 1.37. The van der Waals surface area contributed by atoms with E-state index in [1.165, 1.54) is 0 Å². The molecule has 0 atom stereocenters. The summed E-state index contributed by atoms with van der Waals surface area (Å²) >= 11 is 0. The van der Waals surface area contributed by atoms with Crippen LogP contribution in [0.2, 0.25) is 0 Å². The number of nitrogens with zero attached hydrogens (tertiary/aromatic N) is 2. The molecule has 1 rings (SSSR count). The molecular weight excluding hydrogens is 220 g/mol. The summed E-state index contributed by atoms with van der Waals surface area (Å²) in [5.74, 6) is 0.709. The van der Waals surface area contributed by atoms with E-state index in [0.29, 0.717) is 5.84 Å². The third kappa shape index (κ3) is 3.98. The zero-order chi connectivity index (χ0) is 13.4. The van der Waals surface area contributed by atoms with Crippen molar-refractivity contribution in [3.8, 4) is 0 Å². The van der Waals surface area contributed by atoms with E-state index in [1.807, 2.05) is 49.4 Å². The maximum absolute atomic E-state index is 4.50. The van der Waals surface area contributed by atoms with Crippen molar-refractivity contribution >= 4 is 11.5 Å². The lowest BCUT2D eigenvalue weighted by atomic mass is 10.1. The van der Waals surface area contributed by atoms with Crippen LogP contribution >= 0.6 is 0 Å². The molecule has 0 aliphatic carbocycles. The molecule has 0 bridgehead atoms. The van der Waals surface area contributed by atoms with Crippen molar-refractivity contribution in [3.63, 3.8) is 0 Å². The molecule has 0 saturated carbocycles. The van der Waals surface area contributed by atoms with Gasteiger partial charge in [-0.25, -0.2) is 4.99 Å². The molecule has 0 saturated heterocycles. The minimum Gasteiger partial charge on any atom is -0.270 e. The van der Waals surface area contributed by atoms with E-state index < -0.39 is 0 Å². The van der Waals surface area contributed by atoms with Gasteiger partial charge in [-0.3, -0.25) is 4.99 Å². The van der Waals surface area contributed by atoms with Gasteiger partial charge in [-0.05, 0) is 12.5 Å². The number of benzene rings is 1. The first-order valence-corrected chi connectivity index (χ1v) is 5.75. The Morgan fingerprint density at radius 1 is 1.22 bits per heavy atom. The Kier molecular flexibility index (Phi) is 5.52. The lowest BCUT2D eigenvalue weighted by Gasteiger charge is -2.03. The van der Waals surface area contributed by atoms with Crippen LogP contribution in [0.5, 0.6) is 0 Å². The van der Waals surface area contributed by atoms with Crippen molar-refractivity contribution in [2.45, 2.75) is 6.92 Å². The summed E-state index contributed by atoms with van der Waals surface area (Å²) in [7, 11) is 1.74. The van der Waals surface area contributed by atoms with Crippen molar-refractivity contribution in [1.82, 2.24) is 0 Å². The van der Waals surface area contributed by atoms with Crippen LogP contribution in [0.4, 0.5) is 0 Å². The molecule has 1 aromatic rings. The van der Waals surface area contributed by atoms with Gasteiger partial charge < -0.3 is 0 Å². The molecule has 0 fully saturated rings. The van der Waals surface area contributed by atoms with Gasteiger partial charge in [0.25, 0.3) is 0 Å². The maximum Gasteiger partial charge on any atom is 0.154 e. The van der Waals surface area contributed by atoms with E-state index in [2.05, 4.69) is 23.1 Å². The molecule has 0 aliphatic heterocycles. The molecule has 92 valence electrons. The van der Waals surface area contributed by atoms with E-state index in [-0.39, 0.29) is 0 Å². The second-order valence-corrected chi connectivity index (χ2v) is 3.73. The Morgan fingerprint density at radius 2 is 1.89 bits per heavy atom. The Morgan fingerprint density at radius 3 is 2.44 bits per heavy atom. The number of hydrogen-bond donors (Lipinski definition) is 0. The number of allylic oxidation sites excluding steroid dienone is 4. The normalized spacial score (nSPS) is 12.8. The fourth-order valence-corrected chi connectivity index (χ4v) is 1.37. The first kappa shape index (κ1) is 13.8. The highest BCUT2D eigenvalue weighted by Crippen LogP contribution is 2.05. The van der Waals surface area contributed by atoms with Crippen LogP contribution in [-0.4, -0.2) is 18.6 Å². The third-order valence-electron chi connectivity index (χ3n) is 2.42. The van der Waals surface area contributed by atoms with E-state index >= 15 is 0 Å². The van der Waals surface area contributed by atoms with Gasteiger partial charge in [-0.1, -0.05) is 61.7 Å². The van der Waals surface area contributed by atoms with Crippen molar-refractivity contribution in [2.75, 3.05) is 7.05 Å². The zero-order valence-corrected chi connectivity index (χ0v) is 10.9. The Labute approximate surface area is 109 Å². The van der Waals surface area contributed by atoms with E-state index in [1.54, 1.807) is 13.1 Å². The summed E-state index contributed by atoms with van der Waals surface area (Å²) in [6.07, 6.45) is 5.43. The van der Waals surface area contributed by atoms with Crippen molar-refractivity contribution in [3.05, 3.63) is 72.9 Å². The molecule has 0 N–H and O–H groups in total. The molecule has 0 heterocycles. The van der Waals surface area contributed by atoms with Gasteiger partial charge in [-0.2, -0.15) is 0 Å². The highest BCUT2D eigenvalue weighted by Gasteiger charge is 2.01. The van der Waals surface area contributed by atoms with Crippen molar-refractivity contribution in [2.24, 2.45) is 9.98 Å². The largest absolute Gasteiger partial charge is 0.270 e. The third-order valence-corrected chi connectivity index (χ3v) is 2.42. The highest BCUT2D eigenvalue weighted by atomic mass is 14.9. The second kappa shape index (κ2) is 7.17. The number of amidine groups is 1. The molecule has 0 unspecified atom stereocenters. The quantitative estimate of drug-likeness (QED) is 0.433. The van der Waals surface area contributed by atoms with Crippen molar-refractivity contribution in [1.29, 1.82) is 0 Å². The van der Waals surface area contributed by atoms with E-state index in [9.17, 15) is 0 Å². The fraction of sp³-hybridized carbons (Fsp3) is 0.125. The minimum absolute atomic E-state index is 0.709. The molecule has 0 aliphatic rings. The lowest BCUT2D eigenvalue weighted by molar-refractivity contribution is 1.38. The zero-order valence-electron chi connectivity index (χ0n) is 10.9. The monoisotopic (exact) mass is 238 g/mol. The standard InChI is InChI=1S/C16H18N2/c1-5-6-10-13(2)14(3)18-16(17-4)15-11-8-7-9-12-15/h5-12H,1-2H2,3-4H3/b10-6-,17-16?,18-14?. The minimum atomic E-state index is 0.709. The summed E-state index contributed by atoms with van der Waals surface area (Å²) in [6, 6.07) is 9.89. The number of rotatable bonds is 4. The van der Waals surface area contributed by atoms with Gasteiger partial charge >= 0.3 is 0 Å². The van der Waals surface area contributed by atoms with Gasteiger partial charge in [0, 0.05) is 18.3 Å². The summed E-state index contributed by atoms with van der Waals surface area (Å²) in [6.45, 7) is 9.50. The molecule has 2 nitrogen and oxygen atoms in total. The van der Waals surface area contributed by atoms with Crippen LogP contribution in [0, 0.1) is 0 Å². The molecule has 0 radical (unpaired) electrons. The number of aliphatic imine (C=N–C) groups is 2. The molecule has 18 heavy (non-hydrogen) atoms. The van der Waals surface area contributed by atoms with Gasteiger partial charge in [0.2, 0.25) is 0 Å². The smallest absolute Gasteiger partial charge is 0.154 e. The Balaban J connectivity index is 2.96. The van der Waals surface area contributed by atoms with Gasteiger partial charge in [-0.15, -0.1) is 0 Å². The SMILES string of the molecule is C=C/C=C\C(=C)C(C)=NC(=NC)c1ccccc1. The molecule has 1 aromatic carbocycles. The summed E-state index contributed by atoms with van der Waals surface area (Å²) in [5, 5.41) is 0. The molecule has 0 aromatic heterocycles. The van der Waals surface area contributed by atoms with Crippen LogP contribution in [0.25, 0.3) is 0 Å². The van der Waals surface area contributed by atoms with Gasteiger partial charge in [0.1, 0.15) is 0 Å². The average Bonchev–Trinajstić information content (AvgIpc) is 2.42. The molecule has 2 heteroatoms. The summed E-state index contributed by atoms with van der Waals surface area (Å²) < 4.78 is 0.